The van der Waals surface area contributed by atoms with E-state index in [1.54, 1.807) is 23.3 Å². The number of hydrogen-bond donors (Lipinski definition) is 1. The average Bonchev–Trinajstić information content (AvgIpc) is 3.42. The number of carbonyl (C=O) groups is 1. The fourth-order valence-electron chi connectivity index (χ4n) is 3.69. The molecule has 1 amide bonds. The molecule has 0 unspecified atom stereocenters. The highest BCUT2D eigenvalue weighted by molar-refractivity contribution is 6.03. The van der Waals surface area contributed by atoms with Crippen LogP contribution in [0, 0.1) is 0 Å². The lowest BCUT2D eigenvalue weighted by atomic mass is 10.1. The predicted molar refractivity (Wildman–Crippen MR) is 109 cm³/mol. The summed E-state index contributed by atoms with van der Waals surface area (Å²) in [5.74, 6) is -0.0502. The minimum absolute atomic E-state index is 0.0203. The molecule has 8 heteroatoms. The molecule has 4 aromatic rings. The van der Waals surface area contributed by atoms with E-state index in [1.165, 1.54) is 12.6 Å². The number of carbonyl (C=O) groups excluding carboxylic acids is 1. The third-order valence-corrected chi connectivity index (χ3v) is 5.12. The van der Waals surface area contributed by atoms with Gasteiger partial charge in [0, 0.05) is 24.7 Å². The second-order valence-corrected chi connectivity index (χ2v) is 7.01. The fraction of sp³-hybridized carbons (Fsp3) is 0.238. The normalized spacial score (nSPS) is 14.3. The van der Waals surface area contributed by atoms with Crippen molar-refractivity contribution in [2.75, 3.05) is 23.3 Å². The Morgan fingerprint density at radius 1 is 1.03 bits per heavy atom. The number of aromatic nitrogens is 4. The summed E-state index contributed by atoms with van der Waals surface area (Å²) in [6.45, 7) is 1.95. The molecule has 146 valence electrons. The SMILES string of the molecule is O=C(Nc1cnccc1N1CCCCC1)c1ncc(-n2ncc3ccccc32)o1. The molecule has 1 N–H and O–H groups in total. The lowest BCUT2D eigenvalue weighted by molar-refractivity contribution is 0.0990. The maximum absolute atomic E-state index is 12.8. The van der Waals surface area contributed by atoms with Gasteiger partial charge in [0.05, 0.1) is 35.5 Å². The molecule has 1 fully saturated rings. The van der Waals surface area contributed by atoms with Gasteiger partial charge < -0.3 is 14.6 Å². The molecule has 1 aliphatic rings. The number of oxazole rings is 1. The first-order chi connectivity index (χ1) is 14.3. The Hall–Kier alpha value is -3.68. The van der Waals surface area contributed by atoms with Crippen molar-refractivity contribution in [1.29, 1.82) is 0 Å². The van der Waals surface area contributed by atoms with Crippen LogP contribution in [0.4, 0.5) is 11.4 Å². The van der Waals surface area contributed by atoms with Gasteiger partial charge in [0.15, 0.2) is 0 Å². The first-order valence-electron chi connectivity index (χ1n) is 9.69. The summed E-state index contributed by atoms with van der Waals surface area (Å²) in [6.07, 6.45) is 10.2. The van der Waals surface area contributed by atoms with Gasteiger partial charge in [-0.25, -0.2) is 4.98 Å². The van der Waals surface area contributed by atoms with E-state index < -0.39 is 5.91 Å². The lowest BCUT2D eigenvalue weighted by Gasteiger charge is -2.30. The van der Waals surface area contributed by atoms with Crippen LogP contribution < -0.4 is 10.2 Å². The topological polar surface area (TPSA) is 89.1 Å². The quantitative estimate of drug-likeness (QED) is 0.574. The van der Waals surface area contributed by atoms with Crippen molar-refractivity contribution in [3.63, 3.8) is 0 Å². The van der Waals surface area contributed by atoms with Gasteiger partial charge in [-0.05, 0) is 31.4 Å². The van der Waals surface area contributed by atoms with E-state index in [0.29, 0.717) is 11.6 Å². The maximum Gasteiger partial charge on any atom is 0.311 e. The van der Waals surface area contributed by atoms with Gasteiger partial charge in [-0.3, -0.25) is 9.78 Å². The third-order valence-electron chi connectivity index (χ3n) is 5.12. The Labute approximate surface area is 167 Å². The van der Waals surface area contributed by atoms with Crippen LogP contribution in [0.5, 0.6) is 0 Å². The summed E-state index contributed by atoms with van der Waals surface area (Å²) < 4.78 is 7.33. The molecular formula is C21H20N6O2. The number of rotatable bonds is 4. The highest BCUT2D eigenvalue weighted by Gasteiger charge is 2.20. The van der Waals surface area contributed by atoms with E-state index in [0.717, 1.165) is 42.5 Å². The molecule has 1 aliphatic heterocycles. The Morgan fingerprint density at radius 3 is 2.79 bits per heavy atom. The van der Waals surface area contributed by atoms with E-state index in [2.05, 4.69) is 25.3 Å². The van der Waals surface area contributed by atoms with Gasteiger partial charge in [0.1, 0.15) is 0 Å². The highest BCUT2D eigenvalue weighted by atomic mass is 16.4. The molecule has 0 aliphatic carbocycles. The molecule has 1 saturated heterocycles. The van der Waals surface area contributed by atoms with Crippen molar-refractivity contribution in [2.24, 2.45) is 0 Å². The van der Waals surface area contributed by atoms with Crippen molar-refractivity contribution in [3.05, 3.63) is 61.0 Å². The van der Waals surface area contributed by atoms with Crippen LogP contribution in [0.1, 0.15) is 29.9 Å². The van der Waals surface area contributed by atoms with E-state index in [4.69, 9.17) is 4.42 Å². The van der Waals surface area contributed by atoms with Gasteiger partial charge in [0.2, 0.25) is 5.88 Å². The summed E-state index contributed by atoms with van der Waals surface area (Å²) in [6, 6.07) is 9.70. The molecule has 4 heterocycles. The van der Waals surface area contributed by atoms with Crippen LogP contribution in [0.25, 0.3) is 16.8 Å². The van der Waals surface area contributed by atoms with E-state index >= 15 is 0 Å². The van der Waals surface area contributed by atoms with Crippen LogP contribution >= 0.6 is 0 Å². The Kier molecular flexibility index (Phi) is 4.44. The number of nitrogens with zero attached hydrogens (tertiary/aromatic N) is 5. The molecule has 3 aromatic heterocycles. The predicted octanol–water partition coefficient (Wildman–Crippen LogP) is 3.65. The number of amides is 1. The molecule has 0 atom stereocenters. The number of anilines is 2. The second kappa shape index (κ2) is 7.38. The molecule has 0 saturated carbocycles. The first-order valence-corrected chi connectivity index (χ1v) is 9.69. The van der Waals surface area contributed by atoms with Gasteiger partial charge in [-0.15, -0.1) is 0 Å². The highest BCUT2D eigenvalue weighted by Crippen LogP contribution is 2.28. The first kappa shape index (κ1) is 17.4. The summed E-state index contributed by atoms with van der Waals surface area (Å²) in [7, 11) is 0. The minimum atomic E-state index is -0.418. The van der Waals surface area contributed by atoms with Crippen molar-refractivity contribution in [3.8, 4) is 5.88 Å². The number of piperidine rings is 1. The van der Waals surface area contributed by atoms with E-state index in [-0.39, 0.29) is 5.89 Å². The Morgan fingerprint density at radius 2 is 1.90 bits per heavy atom. The van der Waals surface area contributed by atoms with Crippen molar-refractivity contribution in [2.45, 2.75) is 19.3 Å². The van der Waals surface area contributed by atoms with E-state index in [9.17, 15) is 4.79 Å². The average molecular weight is 388 g/mol. The Bertz CT molecular complexity index is 1160. The molecule has 5 rings (SSSR count). The fourth-order valence-corrected chi connectivity index (χ4v) is 3.69. The van der Waals surface area contributed by atoms with Gasteiger partial charge in [-0.1, -0.05) is 18.2 Å². The molecular weight excluding hydrogens is 368 g/mol. The van der Waals surface area contributed by atoms with Crippen LogP contribution in [0.2, 0.25) is 0 Å². The van der Waals surface area contributed by atoms with Gasteiger partial charge in [0.25, 0.3) is 5.89 Å². The number of nitrogens with one attached hydrogen (secondary N) is 1. The zero-order valence-electron chi connectivity index (χ0n) is 15.8. The molecule has 1 aromatic carbocycles. The third kappa shape index (κ3) is 3.33. The number of para-hydroxylation sites is 1. The smallest absolute Gasteiger partial charge is 0.311 e. The van der Waals surface area contributed by atoms with E-state index in [1.807, 2.05) is 30.3 Å². The van der Waals surface area contributed by atoms with Crippen molar-refractivity contribution in [1.82, 2.24) is 19.7 Å². The lowest BCUT2D eigenvalue weighted by Crippen LogP contribution is -2.30. The van der Waals surface area contributed by atoms with Crippen LogP contribution in [-0.2, 0) is 0 Å². The van der Waals surface area contributed by atoms with Crippen molar-refractivity contribution < 1.29 is 9.21 Å². The van der Waals surface area contributed by atoms with Crippen LogP contribution in [-0.4, -0.2) is 38.7 Å². The van der Waals surface area contributed by atoms with Crippen LogP contribution in [0.3, 0.4) is 0 Å². The molecule has 0 spiro atoms. The maximum atomic E-state index is 12.8. The van der Waals surface area contributed by atoms with Gasteiger partial charge >= 0.3 is 5.91 Å². The second-order valence-electron chi connectivity index (χ2n) is 7.01. The zero-order valence-corrected chi connectivity index (χ0v) is 15.8. The molecule has 0 bridgehead atoms. The summed E-state index contributed by atoms with van der Waals surface area (Å²) in [4.78, 5) is 23.3. The van der Waals surface area contributed by atoms with Crippen LogP contribution in [0.15, 0.2) is 59.5 Å². The monoisotopic (exact) mass is 388 g/mol. The largest absolute Gasteiger partial charge is 0.414 e. The number of fused-ring (bicyclic) bond motifs is 1. The van der Waals surface area contributed by atoms with Crippen molar-refractivity contribution >= 4 is 28.2 Å². The summed E-state index contributed by atoms with van der Waals surface area (Å²) >= 11 is 0. The summed E-state index contributed by atoms with van der Waals surface area (Å²) in [5.41, 5.74) is 2.51. The Balaban J connectivity index is 1.39. The molecule has 8 nitrogen and oxygen atoms in total. The standard InChI is InChI=1S/C21H20N6O2/c28-20(25-16-13-22-9-8-18(16)26-10-4-1-5-11-26)21-23-14-19(29-21)27-17-7-3-2-6-15(17)12-24-27/h2-3,6-9,12-14H,1,4-5,10-11H2,(H,25,28). The zero-order chi connectivity index (χ0) is 19.6. The number of hydrogen-bond acceptors (Lipinski definition) is 6. The minimum Gasteiger partial charge on any atom is -0.414 e. The summed E-state index contributed by atoms with van der Waals surface area (Å²) in [5, 5.41) is 8.21. The van der Waals surface area contributed by atoms with Gasteiger partial charge in [-0.2, -0.15) is 9.78 Å². The molecule has 29 heavy (non-hydrogen) atoms. The number of pyridine rings is 1. The molecule has 0 radical (unpaired) electrons. The number of benzene rings is 1.